The van der Waals surface area contributed by atoms with Crippen molar-refractivity contribution in [2.75, 3.05) is 18.0 Å². The van der Waals surface area contributed by atoms with Gasteiger partial charge in [-0.1, -0.05) is 11.6 Å². The van der Waals surface area contributed by atoms with Crippen molar-refractivity contribution < 1.29 is 29.0 Å². The summed E-state index contributed by atoms with van der Waals surface area (Å²) in [5, 5.41) is 13.9. The van der Waals surface area contributed by atoms with Crippen LogP contribution in [0.15, 0.2) is 22.8 Å². The zero-order chi connectivity index (χ0) is 28.4. The van der Waals surface area contributed by atoms with Gasteiger partial charge in [0.1, 0.15) is 11.2 Å². The first-order valence-corrected chi connectivity index (χ1v) is 13.5. The lowest BCUT2D eigenvalue weighted by Crippen LogP contribution is -2.45. The lowest BCUT2D eigenvalue weighted by molar-refractivity contribution is 0.0476. The normalized spacial score (nSPS) is 15.3. The van der Waals surface area contributed by atoms with Gasteiger partial charge < -0.3 is 19.9 Å². The molecular formula is C26H34BrClN4O6. The molecule has 3 amide bonds. The largest absolute Gasteiger partial charge is 0.464 e. The Hall–Kier alpha value is -2.63. The van der Waals surface area contributed by atoms with Crippen molar-refractivity contribution in [3.8, 4) is 0 Å². The molecular weight excluding hydrogens is 580 g/mol. The lowest BCUT2D eigenvalue weighted by Gasteiger charge is -2.33. The fraction of sp³-hybridized carbons (Fsp3) is 0.538. The molecule has 1 aromatic heterocycles. The van der Waals surface area contributed by atoms with E-state index in [2.05, 4.69) is 31.1 Å². The van der Waals surface area contributed by atoms with Gasteiger partial charge in [0.15, 0.2) is 5.82 Å². The van der Waals surface area contributed by atoms with Crippen LogP contribution in [0, 0.1) is 0 Å². The van der Waals surface area contributed by atoms with Crippen LogP contribution in [0.1, 0.15) is 59.9 Å². The number of nitrogens with zero attached hydrogens (tertiary/aromatic N) is 3. The molecule has 38 heavy (non-hydrogen) atoms. The van der Waals surface area contributed by atoms with Crippen LogP contribution in [-0.4, -0.2) is 63.6 Å². The molecule has 0 atom stereocenters. The van der Waals surface area contributed by atoms with Crippen molar-refractivity contribution >= 4 is 62.4 Å². The maximum Gasteiger partial charge on any atom is 0.425 e. The standard InChI is InChI=1S/C26H34BrClN4O6/c1-25(2,3)37-22(33)30-16-7-9-31(10-8-16)14-15-11-17-18(27)13-29-21(20(17)19(28)12-15)32(23(34)35)24(36)38-26(4,5)6/h11-13,16H,7-10,14H2,1-6H3,(H,30,33)(H,34,35). The van der Waals surface area contributed by atoms with Gasteiger partial charge >= 0.3 is 18.3 Å². The molecule has 0 aliphatic carbocycles. The topological polar surface area (TPSA) is 121 Å². The van der Waals surface area contributed by atoms with Gasteiger partial charge in [-0.2, -0.15) is 4.90 Å². The zero-order valence-electron chi connectivity index (χ0n) is 22.4. The highest BCUT2D eigenvalue weighted by atomic mass is 79.9. The number of imide groups is 1. The number of carboxylic acid groups (broad SMARTS) is 1. The van der Waals surface area contributed by atoms with E-state index in [-0.39, 0.29) is 16.9 Å². The molecule has 1 aromatic carbocycles. The molecule has 12 heteroatoms. The lowest BCUT2D eigenvalue weighted by atomic mass is 10.0. The Morgan fingerprint density at radius 2 is 1.74 bits per heavy atom. The monoisotopic (exact) mass is 612 g/mol. The third-order valence-corrected chi connectivity index (χ3v) is 6.55. The summed E-state index contributed by atoms with van der Waals surface area (Å²) in [6.45, 7) is 12.6. The van der Waals surface area contributed by atoms with E-state index in [1.165, 1.54) is 6.20 Å². The summed E-state index contributed by atoms with van der Waals surface area (Å²) < 4.78 is 11.2. The molecule has 2 heterocycles. The van der Waals surface area contributed by atoms with Crippen LogP contribution in [0.5, 0.6) is 0 Å². The quantitative estimate of drug-likeness (QED) is 0.398. The van der Waals surface area contributed by atoms with E-state index >= 15 is 0 Å². The minimum absolute atomic E-state index is 0.0407. The molecule has 2 N–H and O–H groups in total. The van der Waals surface area contributed by atoms with Crippen molar-refractivity contribution in [2.24, 2.45) is 0 Å². The first-order valence-electron chi connectivity index (χ1n) is 12.3. The smallest absolute Gasteiger partial charge is 0.425 e. The minimum Gasteiger partial charge on any atom is -0.464 e. The first kappa shape index (κ1) is 29.9. The Labute approximate surface area is 235 Å². The maximum atomic E-state index is 12.7. The number of alkyl carbamates (subject to hydrolysis) is 1. The Bertz CT molecular complexity index is 1220. The van der Waals surface area contributed by atoms with Crippen molar-refractivity contribution in [1.82, 2.24) is 15.2 Å². The predicted molar refractivity (Wildman–Crippen MR) is 149 cm³/mol. The van der Waals surface area contributed by atoms with E-state index in [1.54, 1.807) is 26.8 Å². The number of rotatable bonds is 4. The van der Waals surface area contributed by atoms with E-state index < -0.39 is 29.5 Å². The van der Waals surface area contributed by atoms with Gasteiger partial charge in [0, 0.05) is 47.1 Å². The van der Waals surface area contributed by atoms with E-state index in [0.29, 0.717) is 26.7 Å². The van der Waals surface area contributed by atoms with Gasteiger partial charge in [-0.15, -0.1) is 0 Å². The molecule has 0 spiro atoms. The number of piperidine rings is 1. The Morgan fingerprint density at radius 3 is 2.29 bits per heavy atom. The van der Waals surface area contributed by atoms with Crippen LogP contribution >= 0.6 is 27.5 Å². The van der Waals surface area contributed by atoms with Gasteiger partial charge in [0.25, 0.3) is 0 Å². The van der Waals surface area contributed by atoms with Crippen molar-refractivity contribution in [3.05, 3.63) is 33.4 Å². The fourth-order valence-electron chi connectivity index (χ4n) is 4.12. The second kappa shape index (κ2) is 11.6. The number of nitrogens with one attached hydrogen (secondary N) is 1. The van der Waals surface area contributed by atoms with Gasteiger partial charge in [-0.25, -0.2) is 19.4 Å². The Balaban J connectivity index is 1.79. The number of ether oxygens (including phenoxy) is 2. The highest BCUT2D eigenvalue weighted by Crippen LogP contribution is 2.37. The first-order chi connectivity index (χ1) is 17.5. The summed E-state index contributed by atoms with van der Waals surface area (Å²) in [6, 6.07) is 3.69. The van der Waals surface area contributed by atoms with Crippen LogP contribution in [0.4, 0.5) is 20.2 Å². The van der Waals surface area contributed by atoms with E-state index in [1.807, 2.05) is 26.8 Å². The van der Waals surface area contributed by atoms with Crippen molar-refractivity contribution in [1.29, 1.82) is 0 Å². The van der Waals surface area contributed by atoms with Crippen LogP contribution in [0.25, 0.3) is 10.8 Å². The third-order valence-electron chi connectivity index (χ3n) is 5.62. The summed E-state index contributed by atoms with van der Waals surface area (Å²) >= 11 is 10.1. The predicted octanol–water partition coefficient (Wildman–Crippen LogP) is 6.56. The molecule has 1 aliphatic rings. The molecule has 0 unspecified atom stereocenters. The van der Waals surface area contributed by atoms with E-state index in [9.17, 15) is 19.5 Å². The van der Waals surface area contributed by atoms with Gasteiger partial charge in [0.2, 0.25) is 0 Å². The highest BCUT2D eigenvalue weighted by Gasteiger charge is 2.32. The Kier molecular flexibility index (Phi) is 9.16. The number of fused-ring (bicyclic) bond motifs is 1. The van der Waals surface area contributed by atoms with Gasteiger partial charge in [0.05, 0.1) is 5.02 Å². The molecule has 2 aromatic rings. The van der Waals surface area contributed by atoms with Crippen molar-refractivity contribution in [2.45, 2.75) is 78.2 Å². The molecule has 208 valence electrons. The summed E-state index contributed by atoms with van der Waals surface area (Å²) in [4.78, 5) is 43.8. The number of hydrogen-bond donors (Lipinski definition) is 2. The number of carbonyl (C=O) groups is 3. The molecule has 0 bridgehead atoms. The fourth-order valence-corrected chi connectivity index (χ4v) is 4.86. The summed E-state index contributed by atoms with van der Waals surface area (Å²) in [5.41, 5.74) is -0.529. The number of benzene rings is 1. The number of likely N-dealkylation sites (tertiary alicyclic amines) is 1. The number of pyridine rings is 1. The number of anilines is 1. The second-order valence-corrected chi connectivity index (χ2v) is 12.5. The average molecular weight is 614 g/mol. The number of amides is 3. The molecule has 1 saturated heterocycles. The molecule has 1 aliphatic heterocycles. The number of carbonyl (C=O) groups excluding carboxylic acids is 2. The van der Waals surface area contributed by atoms with E-state index in [0.717, 1.165) is 31.5 Å². The van der Waals surface area contributed by atoms with Crippen LogP contribution < -0.4 is 10.2 Å². The molecule has 0 saturated carbocycles. The minimum atomic E-state index is -1.53. The van der Waals surface area contributed by atoms with Gasteiger partial charge in [-0.05, 0) is 88.0 Å². The summed E-state index contributed by atoms with van der Waals surface area (Å²) in [7, 11) is 0. The van der Waals surface area contributed by atoms with Gasteiger partial charge in [-0.3, -0.25) is 4.90 Å². The van der Waals surface area contributed by atoms with Crippen LogP contribution in [0.2, 0.25) is 5.02 Å². The molecule has 10 nitrogen and oxygen atoms in total. The summed E-state index contributed by atoms with van der Waals surface area (Å²) in [6.07, 6.45) is -0.00837. The number of aromatic nitrogens is 1. The molecule has 3 rings (SSSR count). The van der Waals surface area contributed by atoms with Crippen LogP contribution in [0.3, 0.4) is 0 Å². The van der Waals surface area contributed by atoms with Crippen LogP contribution in [-0.2, 0) is 16.0 Å². The highest BCUT2D eigenvalue weighted by molar-refractivity contribution is 9.10. The second-order valence-electron chi connectivity index (χ2n) is 11.2. The number of halogens is 2. The van der Waals surface area contributed by atoms with E-state index in [4.69, 9.17) is 21.1 Å². The number of hydrogen-bond acceptors (Lipinski definition) is 7. The molecule has 1 fully saturated rings. The summed E-state index contributed by atoms with van der Waals surface area (Å²) in [5.74, 6) is -0.129. The molecule has 0 radical (unpaired) electrons. The Morgan fingerprint density at radius 1 is 1.13 bits per heavy atom. The maximum absolute atomic E-state index is 12.7. The van der Waals surface area contributed by atoms with Crippen molar-refractivity contribution in [3.63, 3.8) is 0 Å². The SMILES string of the molecule is CC(C)(C)OC(=O)NC1CCN(Cc2cc(Cl)c3c(N(C(=O)O)C(=O)OC(C)(C)C)ncc(Br)c3c2)CC1. The average Bonchev–Trinajstić information content (AvgIpc) is 2.74. The zero-order valence-corrected chi connectivity index (χ0v) is 24.8. The third kappa shape index (κ3) is 7.94.